The lowest BCUT2D eigenvalue weighted by atomic mass is 10.1. The molecule has 0 bridgehead atoms. The lowest BCUT2D eigenvalue weighted by Gasteiger charge is -2.20. The fraction of sp³-hybridized carbons (Fsp3) is 0.263. The van der Waals surface area contributed by atoms with E-state index in [0.717, 1.165) is 5.56 Å². The van der Waals surface area contributed by atoms with E-state index in [4.69, 9.17) is 21.1 Å². The van der Waals surface area contributed by atoms with Gasteiger partial charge in [-0.15, -0.1) is 0 Å². The Bertz CT molecular complexity index is 885. The molecular formula is C19H20ClN3O4. The molecule has 142 valence electrons. The van der Waals surface area contributed by atoms with Gasteiger partial charge in [0.05, 0.1) is 22.4 Å². The van der Waals surface area contributed by atoms with Crippen molar-refractivity contribution in [1.82, 2.24) is 5.32 Å². The van der Waals surface area contributed by atoms with E-state index in [1.807, 2.05) is 6.07 Å². The number of ether oxygens (including phenoxy) is 2. The van der Waals surface area contributed by atoms with Crippen molar-refractivity contribution in [3.63, 3.8) is 0 Å². The number of nitrogens with zero attached hydrogens (tertiary/aromatic N) is 1. The van der Waals surface area contributed by atoms with Crippen LogP contribution < -0.4 is 25.0 Å². The molecule has 8 heteroatoms. The van der Waals surface area contributed by atoms with E-state index in [1.54, 1.807) is 56.3 Å². The molecule has 27 heavy (non-hydrogen) atoms. The molecule has 0 aliphatic carbocycles. The van der Waals surface area contributed by atoms with Crippen molar-refractivity contribution in [1.29, 1.82) is 0 Å². The number of amides is 2. The van der Waals surface area contributed by atoms with Crippen LogP contribution in [0.1, 0.15) is 18.5 Å². The molecule has 3 rings (SSSR count). The Kier molecular flexibility index (Phi) is 5.41. The zero-order valence-electron chi connectivity index (χ0n) is 15.2. The summed E-state index contributed by atoms with van der Waals surface area (Å²) in [6.45, 7) is 1.96. The lowest BCUT2D eigenvalue weighted by molar-refractivity contribution is -0.136. The van der Waals surface area contributed by atoms with E-state index in [0.29, 0.717) is 27.9 Å². The first-order valence-electron chi connectivity index (χ1n) is 8.34. The zero-order valence-corrected chi connectivity index (χ0v) is 16.0. The van der Waals surface area contributed by atoms with Crippen molar-refractivity contribution in [3.8, 4) is 11.5 Å². The molecule has 0 aromatic heterocycles. The molecule has 0 spiro atoms. The van der Waals surface area contributed by atoms with Gasteiger partial charge >= 0.3 is 11.8 Å². The predicted octanol–water partition coefficient (Wildman–Crippen LogP) is 2.95. The highest BCUT2D eigenvalue weighted by atomic mass is 35.5. The fourth-order valence-electron chi connectivity index (χ4n) is 2.78. The summed E-state index contributed by atoms with van der Waals surface area (Å²) in [5.41, 5.74) is 1.89. The van der Waals surface area contributed by atoms with Crippen LogP contribution >= 0.6 is 11.6 Å². The average Bonchev–Trinajstić information content (AvgIpc) is 3.08. The first kappa shape index (κ1) is 18.8. The van der Waals surface area contributed by atoms with Crippen molar-refractivity contribution < 1.29 is 19.1 Å². The lowest BCUT2D eigenvalue weighted by Crippen LogP contribution is -2.37. The third-order valence-electron chi connectivity index (χ3n) is 4.13. The number of fused-ring (bicyclic) bond motifs is 1. The van der Waals surface area contributed by atoms with E-state index >= 15 is 0 Å². The predicted molar refractivity (Wildman–Crippen MR) is 104 cm³/mol. The fourth-order valence-corrected chi connectivity index (χ4v) is 3.12. The van der Waals surface area contributed by atoms with Gasteiger partial charge in [-0.05, 0) is 36.8 Å². The van der Waals surface area contributed by atoms with Crippen molar-refractivity contribution in [3.05, 3.63) is 47.0 Å². The molecule has 2 aromatic carbocycles. The molecule has 0 saturated heterocycles. The molecule has 0 fully saturated rings. The molecule has 0 unspecified atom stereocenters. The van der Waals surface area contributed by atoms with Crippen LogP contribution in [0.25, 0.3) is 0 Å². The van der Waals surface area contributed by atoms with E-state index in [1.165, 1.54) is 0 Å². The molecule has 7 nitrogen and oxygen atoms in total. The van der Waals surface area contributed by atoms with Crippen LogP contribution in [0.4, 0.5) is 11.4 Å². The molecule has 1 atom stereocenters. The van der Waals surface area contributed by atoms with Crippen LogP contribution in [0, 0.1) is 0 Å². The van der Waals surface area contributed by atoms with E-state index in [2.05, 4.69) is 10.6 Å². The Hall–Kier alpha value is -2.93. The zero-order chi connectivity index (χ0) is 19.6. The van der Waals surface area contributed by atoms with Gasteiger partial charge in [0.1, 0.15) is 0 Å². The minimum atomic E-state index is -0.770. The molecule has 2 aromatic rings. The summed E-state index contributed by atoms with van der Waals surface area (Å²) in [5.74, 6) is -0.238. The van der Waals surface area contributed by atoms with Crippen LogP contribution in [0.5, 0.6) is 11.5 Å². The van der Waals surface area contributed by atoms with Gasteiger partial charge in [0, 0.05) is 14.1 Å². The minimum absolute atomic E-state index is 0.176. The van der Waals surface area contributed by atoms with E-state index in [-0.39, 0.29) is 12.8 Å². The monoisotopic (exact) mass is 389 g/mol. The Morgan fingerprint density at radius 3 is 2.59 bits per heavy atom. The molecule has 1 aliphatic rings. The number of benzene rings is 2. The molecule has 2 N–H and O–H groups in total. The van der Waals surface area contributed by atoms with Crippen LogP contribution in [0.15, 0.2) is 36.4 Å². The third-order valence-corrected chi connectivity index (χ3v) is 4.44. The Morgan fingerprint density at radius 1 is 1.11 bits per heavy atom. The van der Waals surface area contributed by atoms with Gasteiger partial charge in [0.2, 0.25) is 6.79 Å². The highest BCUT2D eigenvalue weighted by molar-refractivity contribution is 6.40. The largest absolute Gasteiger partial charge is 0.454 e. The van der Waals surface area contributed by atoms with Crippen molar-refractivity contribution >= 4 is 34.8 Å². The van der Waals surface area contributed by atoms with Crippen LogP contribution in [0.3, 0.4) is 0 Å². The van der Waals surface area contributed by atoms with Gasteiger partial charge < -0.3 is 25.0 Å². The van der Waals surface area contributed by atoms with Crippen LogP contribution in [-0.2, 0) is 9.59 Å². The second-order valence-corrected chi connectivity index (χ2v) is 6.70. The van der Waals surface area contributed by atoms with Gasteiger partial charge in [-0.1, -0.05) is 23.7 Å². The molecule has 1 aliphatic heterocycles. The van der Waals surface area contributed by atoms with Crippen molar-refractivity contribution in [2.75, 3.05) is 31.1 Å². The van der Waals surface area contributed by atoms with E-state index < -0.39 is 11.8 Å². The third kappa shape index (κ3) is 4.09. The molecule has 2 amide bonds. The summed E-state index contributed by atoms with van der Waals surface area (Å²) >= 11 is 6.18. The van der Waals surface area contributed by atoms with Gasteiger partial charge in [0.25, 0.3) is 0 Å². The number of hydrogen-bond donors (Lipinski definition) is 2. The maximum atomic E-state index is 12.3. The minimum Gasteiger partial charge on any atom is -0.454 e. The standard InChI is InChI=1S/C19H20ClN3O4/c1-11(12-7-8-15-16(9-12)27-10-26-15)21-18(24)19(25)22-14-6-4-5-13(20)17(14)23(2)3/h4-9,11H,10H2,1-3H3,(H,21,24)(H,22,25)/t11-/m1/s1. The van der Waals surface area contributed by atoms with Gasteiger partial charge in [-0.2, -0.15) is 0 Å². The highest BCUT2D eigenvalue weighted by Gasteiger charge is 2.21. The summed E-state index contributed by atoms with van der Waals surface area (Å²) in [5, 5.41) is 5.76. The van der Waals surface area contributed by atoms with Crippen molar-refractivity contribution in [2.24, 2.45) is 0 Å². The molecule has 1 heterocycles. The maximum absolute atomic E-state index is 12.3. The first-order chi connectivity index (χ1) is 12.9. The van der Waals surface area contributed by atoms with E-state index in [9.17, 15) is 9.59 Å². The van der Waals surface area contributed by atoms with Crippen LogP contribution in [0.2, 0.25) is 5.02 Å². The number of carbonyl (C=O) groups is 2. The van der Waals surface area contributed by atoms with Gasteiger partial charge in [0.15, 0.2) is 11.5 Å². The summed E-state index contributed by atoms with van der Waals surface area (Å²) in [6, 6.07) is 10.1. The topological polar surface area (TPSA) is 79.9 Å². The summed E-state index contributed by atoms with van der Waals surface area (Å²) in [6.07, 6.45) is 0. The number of para-hydroxylation sites is 1. The number of anilines is 2. The molecule has 0 saturated carbocycles. The summed E-state index contributed by atoms with van der Waals surface area (Å²) in [4.78, 5) is 26.4. The molecule has 0 radical (unpaired) electrons. The Morgan fingerprint density at radius 2 is 1.85 bits per heavy atom. The summed E-state index contributed by atoms with van der Waals surface area (Å²) in [7, 11) is 3.61. The quantitative estimate of drug-likeness (QED) is 0.786. The Balaban J connectivity index is 1.68. The number of rotatable bonds is 4. The number of hydrogen-bond acceptors (Lipinski definition) is 5. The maximum Gasteiger partial charge on any atom is 0.313 e. The second-order valence-electron chi connectivity index (χ2n) is 6.29. The second kappa shape index (κ2) is 7.75. The normalized spacial score (nSPS) is 13.0. The average molecular weight is 390 g/mol. The smallest absolute Gasteiger partial charge is 0.313 e. The highest BCUT2D eigenvalue weighted by Crippen LogP contribution is 2.34. The number of nitrogens with one attached hydrogen (secondary N) is 2. The van der Waals surface area contributed by atoms with Gasteiger partial charge in [-0.25, -0.2) is 0 Å². The summed E-state index contributed by atoms with van der Waals surface area (Å²) < 4.78 is 10.6. The number of carbonyl (C=O) groups excluding carboxylic acids is 2. The van der Waals surface area contributed by atoms with Gasteiger partial charge in [-0.3, -0.25) is 9.59 Å². The Labute approximate surface area is 162 Å². The van der Waals surface area contributed by atoms with Crippen LogP contribution in [-0.4, -0.2) is 32.7 Å². The van der Waals surface area contributed by atoms with Crippen molar-refractivity contribution in [2.45, 2.75) is 13.0 Å². The number of halogens is 1. The first-order valence-corrected chi connectivity index (χ1v) is 8.72. The molecular weight excluding hydrogens is 370 g/mol. The SMILES string of the molecule is C[C@@H](NC(=O)C(=O)Nc1cccc(Cl)c1N(C)C)c1ccc2c(c1)OCO2.